The van der Waals surface area contributed by atoms with Gasteiger partial charge in [-0.05, 0) is 43.7 Å². The van der Waals surface area contributed by atoms with E-state index in [0.29, 0.717) is 110 Å². The van der Waals surface area contributed by atoms with Gasteiger partial charge in [0.1, 0.15) is 5.75 Å². The van der Waals surface area contributed by atoms with Crippen molar-refractivity contribution in [1.29, 1.82) is 0 Å². The van der Waals surface area contributed by atoms with E-state index in [2.05, 4.69) is 35.8 Å². The molecule has 0 saturated carbocycles. The summed E-state index contributed by atoms with van der Waals surface area (Å²) >= 11 is 0. The fourth-order valence-corrected chi connectivity index (χ4v) is 6.37. The summed E-state index contributed by atoms with van der Waals surface area (Å²) in [4.78, 5) is 15.5. The third-order valence-corrected chi connectivity index (χ3v) is 9.10. The predicted octanol–water partition coefficient (Wildman–Crippen LogP) is 3.93. The molecule has 3 heterocycles. The highest BCUT2D eigenvalue weighted by atomic mass is 16.6. The van der Waals surface area contributed by atoms with Gasteiger partial charge < -0.3 is 42.8 Å². The molecule has 13 heteroatoms. The molecule has 0 bridgehead atoms. The van der Waals surface area contributed by atoms with Crippen molar-refractivity contribution in [2.24, 2.45) is 0 Å². The van der Waals surface area contributed by atoms with Crippen LogP contribution in [0.4, 0.5) is 11.4 Å². The maximum atomic E-state index is 11.4. The molecule has 1 unspecified atom stereocenters. The Morgan fingerprint density at radius 2 is 1.31 bits per heavy atom. The average molecular weight is 686 g/mol. The molecular formula is C36H51N3O10. The van der Waals surface area contributed by atoms with Gasteiger partial charge in [0.05, 0.1) is 103 Å². The van der Waals surface area contributed by atoms with Gasteiger partial charge in [0.2, 0.25) is 5.72 Å². The van der Waals surface area contributed by atoms with Crippen LogP contribution in [0.5, 0.6) is 5.75 Å². The van der Waals surface area contributed by atoms with Crippen LogP contribution in [-0.2, 0) is 38.6 Å². The van der Waals surface area contributed by atoms with Crippen LogP contribution in [0.3, 0.4) is 0 Å². The highest BCUT2D eigenvalue weighted by Gasteiger charge is 2.58. The molecule has 0 radical (unpaired) electrons. The minimum atomic E-state index is -0.826. The number of nitrogens with zero attached hydrogens (tertiary/aromatic N) is 3. The van der Waals surface area contributed by atoms with Crippen molar-refractivity contribution < 1.29 is 42.8 Å². The quantitative estimate of drug-likeness (QED) is 0.239. The molecule has 3 aliphatic heterocycles. The fraction of sp³-hybridized carbons (Fsp3) is 0.611. The number of anilines is 1. The Balaban J connectivity index is 1.14. The third-order valence-electron chi connectivity index (χ3n) is 9.10. The van der Waals surface area contributed by atoms with E-state index < -0.39 is 11.1 Å². The van der Waals surface area contributed by atoms with Gasteiger partial charge in [-0.25, -0.2) is 0 Å². The Morgan fingerprint density at radius 3 is 1.90 bits per heavy atom. The van der Waals surface area contributed by atoms with E-state index in [4.69, 9.17) is 37.9 Å². The first-order valence-corrected chi connectivity index (χ1v) is 17.2. The summed E-state index contributed by atoms with van der Waals surface area (Å²) in [6, 6.07) is 13.1. The van der Waals surface area contributed by atoms with Gasteiger partial charge in [0, 0.05) is 49.6 Å². The monoisotopic (exact) mass is 685 g/mol. The van der Waals surface area contributed by atoms with Gasteiger partial charge in [-0.3, -0.25) is 15.0 Å². The second kappa shape index (κ2) is 18.7. The SMILES string of the molecule is CC1(C)c2ccccc2N(CCOCCN2CCOCCOCCOCCOCCOCCOCC2)C12C=Cc1cc([N+](=O)[O-])ccc1O2. The summed E-state index contributed by atoms with van der Waals surface area (Å²) in [5.41, 5.74) is 1.75. The molecule has 1 saturated heterocycles. The van der Waals surface area contributed by atoms with Crippen molar-refractivity contribution >= 4 is 17.5 Å². The lowest BCUT2D eigenvalue weighted by molar-refractivity contribution is -0.384. The smallest absolute Gasteiger partial charge is 0.270 e. The first-order chi connectivity index (χ1) is 23.9. The second-order valence-corrected chi connectivity index (χ2v) is 12.5. The van der Waals surface area contributed by atoms with Crippen LogP contribution in [0.1, 0.15) is 25.0 Å². The van der Waals surface area contributed by atoms with Crippen molar-refractivity contribution in [1.82, 2.24) is 4.90 Å². The maximum Gasteiger partial charge on any atom is 0.270 e. The number of ether oxygens (including phenoxy) is 8. The van der Waals surface area contributed by atoms with Crippen LogP contribution in [0, 0.1) is 10.1 Å². The van der Waals surface area contributed by atoms with Crippen molar-refractivity contribution in [3.63, 3.8) is 0 Å². The molecule has 5 rings (SSSR count). The summed E-state index contributed by atoms with van der Waals surface area (Å²) in [6.45, 7) is 14.6. The van der Waals surface area contributed by atoms with Gasteiger partial charge in [-0.1, -0.05) is 18.2 Å². The molecule has 1 atom stereocenters. The zero-order valence-corrected chi connectivity index (χ0v) is 28.8. The van der Waals surface area contributed by atoms with Crippen LogP contribution in [-0.4, -0.2) is 134 Å². The lowest BCUT2D eigenvalue weighted by Gasteiger charge is -2.47. The topological polar surface area (TPSA) is 123 Å². The summed E-state index contributed by atoms with van der Waals surface area (Å²) in [6.07, 6.45) is 3.98. The molecule has 2 aromatic carbocycles. The number of para-hydroxylation sites is 1. The summed E-state index contributed by atoms with van der Waals surface area (Å²) in [5, 5.41) is 11.4. The van der Waals surface area contributed by atoms with Gasteiger partial charge in [-0.2, -0.15) is 0 Å². The van der Waals surface area contributed by atoms with Crippen LogP contribution in [0.2, 0.25) is 0 Å². The highest BCUT2D eigenvalue weighted by Crippen LogP contribution is 2.54. The zero-order valence-electron chi connectivity index (χ0n) is 28.8. The third kappa shape index (κ3) is 9.77. The Hall–Kier alpha value is -3.14. The molecule has 0 amide bonds. The molecule has 0 N–H and O–H groups in total. The average Bonchev–Trinajstić information content (AvgIpc) is 3.27. The Morgan fingerprint density at radius 1 is 0.755 bits per heavy atom. The molecule has 2 aromatic rings. The van der Waals surface area contributed by atoms with E-state index in [9.17, 15) is 10.1 Å². The van der Waals surface area contributed by atoms with E-state index in [1.807, 2.05) is 24.3 Å². The van der Waals surface area contributed by atoms with Crippen LogP contribution in [0.15, 0.2) is 48.5 Å². The lowest BCUT2D eigenvalue weighted by atomic mass is 9.76. The number of nitro benzene ring substituents is 1. The van der Waals surface area contributed by atoms with Crippen molar-refractivity contribution in [3.8, 4) is 5.75 Å². The minimum absolute atomic E-state index is 0.0373. The second-order valence-electron chi connectivity index (χ2n) is 12.5. The Labute approximate surface area is 289 Å². The predicted molar refractivity (Wildman–Crippen MR) is 184 cm³/mol. The number of benzene rings is 2. The molecular weight excluding hydrogens is 634 g/mol. The van der Waals surface area contributed by atoms with Crippen molar-refractivity contribution in [2.75, 3.05) is 124 Å². The fourth-order valence-electron chi connectivity index (χ4n) is 6.37. The van der Waals surface area contributed by atoms with Gasteiger partial charge >= 0.3 is 0 Å². The number of nitro groups is 1. The first-order valence-electron chi connectivity index (χ1n) is 17.2. The Bertz CT molecular complexity index is 1340. The summed E-state index contributed by atoms with van der Waals surface area (Å²) in [7, 11) is 0. The number of hydrogen-bond acceptors (Lipinski definition) is 12. The molecule has 1 spiro atoms. The number of fused-ring (bicyclic) bond motifs is 2. The van der Waals surface area contributed by atoms with Gasteiger partial charge in [0.15, 0.2) is 0 Å². The van der Waals surface area contributed by atoms with Gasteiger partial charge in [-0.15, -0.1) is 0 Å². The zero-order chi connectivity index (χ0) is 34.4. The number of non-ortho nitro benzene ring substituents is 1. The number of rotatable bonds is 7. The molecule has 1 fully saturated rings. The largest absolute Gasteiger partial charge is 0.463 e. The van der Waals surface area contributed by atoms with Crippen LogP contribution >= 0.6 is 0 Å². The van der Waals surface area contributed by atoms with E-state index >= 15 is 0 Å². The standard InChI is InChI=1S/C36H51N3O10/c1-35(2)32-5-3-4-6-33(32)38(36(35)10-9-30-29-31(39(40)41)7-8-34(30)49-36)14-18-42-15-11-37-12-16-43-19-21-45-23-25-47-27-28-48-26-24-46-22-20-44-17-13-37/h3-10,29H,11-28H2,1-2H3. The van der Waals surface area contributed by atoms with Crippen LogP contribution in [0.25, 0.3) is 6.08 Å². The number of hydrogen-bond donors (Lipinski definition) is 0. The molecule has 0 aromatic heterocycles. The first kappa shape index (κ1) is 37.1. The van der Waals surface area contributed by atoms with E-state index in [1.165, 1.54) is 11.6 Å². The van der Waals surface area contributed by atoms with Crippen molar-refractivity contribution in [2.45, 2.75) is 25.0 Å². The highest BCUT2D eigenvalue weighted by molar-refractivity contribution is 5.73. The van der Waals surface area contributed by atoms with E-state index in [1.54, 1.807) is 12.1 Å². The van der Waals surface area contributed by atoms with E-state index in [0.717, 1.165) is 25.3 Å². The molecule has 0 aliphatic carbocycles. The summed E-state index contributed by atoms with van der Waals surface area (Å²) in [5.74, 6) is 0.616. The lowest BCUT2D eigenvalue weighted by Crippen LogP contribution is -2.60. The van der Waals surface area contributed by atoms with E-state index in [-0.39, 0.29) is 10.6 Å². The molecule has 13 nitrogen and oxygen atoms in total. The van der Waals surface area contributed by atoms with Crippen LogP contribution < -0.4 is 9.64 Å². The molecule has 49 heavy (non-hydrogen) atoms. The minimum Gasteiger partial charge on any atom is -0.463 e. The van der Waals surface area contributed by atoms with Gasteiger partial charge in [0.25, 0.3) is 5.69 Å². The summed E-state index contributed by atoms with van der Waals surface area (Å²) < 4.78 is 46.9. The molecule has 270 valence electrons. The maximum absolute atomic E-state index is 11.4. The molecule has 3 aliphatic rings. The normalized spacial score (nSPS) is 23.3. The van der Waals surface area contributed by atoms with Crippen molar-refractivity contribution in [3.05, 3.63) is 69.8 Å². The Kier molecular flexibility index (Phi) is 14.2.